The molecule has 0 bridgehead atoms. The number of hydrogen-bond acceptors (Lipinski definition) is 5. The van der Waals surface area contributed by atoms with E-state index in [1.165, 1.54) is 0 Å². The van der Waals surface area contributed by atoms with Crippen LogP contribution in [0.25, 0.3) is 0 Å². The van der Waals surface area contributed by atoms with Gasteiger partial charge in [0.1, 0.15) is 0 Å². The van der Waals surface area contributed by atoms with Gasteiger partial charge in [0.2, 0.25) is 11.9 Å². The molecule has 1 aromatic rings. The van der Waals surface area contributed by atoms with E-state index in [4.69, 9.17) is 4.74 Å². The van der Waals surface area contributed by atoms with E-state index in [9.17, 15) is 4.79 Å². The van der Waals surface area contributed by atoms with E-state index in [0.717, 1.165) is 75.5 Å². The third-order valence-corrected chi connectivity index (χ3v) is 5.76. The number of amides is 1. The Morgan fingerprint density at radius 2 is 1.88 bits per heavy atom. The summed E-state index contributed by atoms with van der Waals surface area (Å²) in [4.78, 5) is 23.9. The monoisotopic (exact) mass is 360 g/mol. The van der Waals surface area contributed by atoms with Gasteiger partial charge in [0.05, 0.1) is 6.10 Å². The molecule has 6 nitrogen and oxygen atoms in total. The van der Waals surface area contributed by atoms with Gasteiger partial charge in [-0.25, -0.2) is 9.97 Å². The van der Waals surface area contributed by atoms with Gasteiger partial charge in [0, 0.05) is 44.0 Å². The van der Waals surface area contributed by atoms with E-state index < -0.39 is 0 Å². The number of piperidine rings is 1. The number of hydrogen-bond donors (Lipinski definition) is 1. The highest BCUT2D eigenvalue weighted by molar-refractivity contribution is 5.78. The molecule has 2 aliphatic rings. The van der Waals surface area contributed by atoms with Gasteiger partial charge < -0.3 is 15.0 Å². The molecule has 1 aromatic heterocycles. The van der Waals surface area contributed by atoms with Gasteiger partial charge in [0.25, 0.3) is 0 Å². The lowest BCUT2D eigenvalue weighted by atomic mass is 9.86. The predicted molar refractivity (Wildman–Crippen MR) is 102 cm³/mol. The summed E-state index contributed by atoms with van der Waals surface area (Å²) in [5, 5.41) is 3.20. The van der Waals surface area contributed by atoms with Gasteiger partial charge in [0.15, 0.2) is 0 Å². The molecule has 1 aliphatic carbocycles. The highest BCUT2D eigenvalue weighted by Crippen LogP contribution is 2.26. The number of ether oxygens (including phenoxy) is 1. The molecule has 2 atom stereocenters. The standard InChI is InChI=1S/C20H32N4O2/c1-14-11-15(2)23-20(22-14)24-9-7-16(8-10-24)13-21-19(25)17-5-4-6-18(12-17)26-3/h11,16-18H,4-10,12-13H2,1-3H3,(H,21,25). The van der Waals surface area contributed by atoms with Crippen LogP contribution < -0.4 is 10.2 Å². The summed E-state index contributed by atoms with van der Waals surface area (Å²) in [6.07, 6.45) is 6.42. The second-order valence-corrected chi connectivity index (χ2v) is 7.85. The van der Waals surface area contributed by atoms with Crippen molar-refractivity contribution in [3.8, 4) is 0 Å². The molecule has 3 rings (SSSR count). The highest BCUT2D eigenvalue weighted by Gasteiger charge is 2.28. The minimum atomic E-state index is 0.123. The van der Waals surface area contributed by atoms with Crippen LogP contribution in [0.15, 0.2) is 6.07 Å². The number of rotatable bonds is 5. The van der Waals surface area contributed by atoms with Gasteiger partial charge >= 0.3 is 0 Å². The molecule has 0 radical (unpaired) electrons. The average Bonchev–Trinajstić information content (AvgIpc) is 2.65. The van der Waals surface area contributed by atoms with E-state index in [1.807, 2.05) is 19.9 Å². The van der Waals surface area contributed by atoms with Crippen LogP contribution in [-0.2, 0) is 9.53 Å². The molecule has 2 unspecified atom stereocenters. The zero-order valence-electron chi connectivity index (χ0n) is 16.3. The molecule has 1 aliphatic heterocycles. The number of nitrogens with one attached hydrogen (secondary N) is 1. The molecule has 0 aromatic carbocycles. The van der Waals surface area contributed by atoms with Crippen LogP contribution in [0.3, 0.4) is 0 Å². The molecular formula is C20H32N4O2. The van der Waals surface area contributed by atoms with Crippen LogP contribution in [0.2, 0.25) is 0 Å². The van der Waals surface area contributed by atoms with E-state index >= 15 is 0 Å². The van der Waals surface area contributed by atoms with Crippen molar-refractivity contribution >= 4 is 11.9 Å². The van der Waals surface area contributed by atoms with Crippen molar-refractivity contribution in [2.45, 2.75) is 58.5 Å². The third-order valence-electron chi connectivity index (χ3n) is 5.76. The zero-order chi connectivity index (χ0) is 18.5. The number of carbonyl (C=O) groups is 1. The summed E-state index contributed by atoms with van der Waals surface area (Å²) in [6.45, 7) is 6.73. The molecule has 1 amide bonds. The third kappa shape index (κ3) is 4.93. The van der Waals surface area contributed by atoms with Gasteiger partial charge in [-0.1, -0.05) is 6.42 Å². The molecule has 26 heavy (non-hydrogen) atoms. The Labute approximate surface area is 156 Å². The van der Waals surface area contributed by atoms with Crippen molar-refractivity contribution in [2.24, 2.45) is 11.8 Å². The maximum absolute atomic E-state index is 12.5. The van der Waals surface area contributed by atoms with E-state index in [-0.39, 0.29) is 17.9 Å². The fourth-order valence-corrected chi connectivity index (χ4v) is 4.17. The minimum absolute atomic E-state index is 0.123. The van der Waals surface area contributed by atoms with Crippen LogP contribution >= 0.6 is 0 Å². The Bertz CT molecular complexity index is 594. The Balaban J connectivity index is 1.43. The maximum Gasteiger partial charge on any atom is 0.225 e. The van der Waals surface area contributed by atoms with Crippen LogP contribution in [-0.4, -0.2) is 48.7 Å². The van der Waals surface area contributed by atoms with Crippen LogP contribution in [0, 0.1) is 25.7 Å². The molecule has 2 heterocycles. The molecule has 1 N–H and O–H groups in total. The SMILES string of the molecule is COC1CCCC(C(=O)NCC2CCN(c3nc(C)cc(C)n3)CC2)C1. The first-order valence-electron chi connectivity index (χ1n) is 9.93. The predicted octanol–water partition coefficient (Wildman–Crippen LogP) is 2.63. The summed E-state index contributed by atoms with van der Waals surface area (Å²) < 4.78 is 5.44. The van der Waals surface area contributed by atoms with Crippen molar-refractivity contribution in [3.05, 3.63) is 17.5 Å². The van der Waals surface area contributed by atoms with Crippen molar-refractivity contribution in [1.82, 2.24) is 15.3 Å². The van der Waals surface area contributed by atoms with Crippen molar-refractivity contribution < 1.29 is 9.53 Å². The highest BCUT2D eigenvalue weighted by atomic mass is 16.5. The Morgan fingerprint density at radius 3 is 2.54 bits per heavy atom. The smallest absolute Gasteiger partial charge is 0.225 e. The fraction of sp³-hybridized carbons (Fsp3) is 0.750. The number of aromatic nitrogens is 2. The topological polar surface area (TPSA) is 67.3 Å². The number of anilines is 1. The van der Waals surface area contributed by atoms with Crippen LogP contribution in [0.4, 0.5) is 5.95 Å². The Hall–Kier alpha value is -1.69. The normalized spacial score (nSPS) is 24.5. The number of nitrogens with zero attached hydrogens (tertiary/aromatic N) is 3. The first-order chi connectivity index (χ1) is 12.5. The lowest BCUT2D eigenvalue weighted by Gasteiger charge is -2.33. The zero-order valence-corrected chi connectivity index (χ0v) is 16.3. The summed E-state index contributed by atoms with van der Waals surface area (Å²) in [7, 11) is 1.75. The summed E-state index contributed by atoms with van der Waals surface area (Å²) in [5.74, 6) is 1.73. The fourth-order valence-electron chi connectivity index (χ4n) is 4.17. The summed E-state index contributed by atoms with van der Waals surface area (Å²) >= 11 is 0. The lowest BCUT2D eigenvalue weighted by Crippen LogP contribution is -2.42. The van der Waals surface area contributed by atoms with Crippen molar-refractivity contribution in [2.75, 3.05) is 31.6 Å². The van der Waals surface area contributed by atoms with E-state index in [1.54, 1.807) is 7.11 Å². The van der Waals surface area contributed by atoms with Gasteiger partial charge in [-0.3, -0.25) is 4.79 Å². The largest absolute Gasteiger partial charge is 0.381 e. The molecule has 0 spiro atoms. The Kier molecular flexibility index (Phi) is 6.46. The van der Waals surface area contributed by atoms with Crippen molar-refractivity contribution in [3.63, 3.8) is 0 Å². The maximum atomic E-state index is 12.5. The van der Waals surface area contributed by atoms with E-state index in [2.05, 4.69) is 20.2 Å². The quantitative estimate of drug-likeness (QED) is 0.874. The van der Waals surface area contributed by atoms with Crippen LogP contribution in [0.5, 0.6) is 0 Å². The number of aryl methyl sites for hydroxylation is 2. The number of carbonyl (C=O) groups excluding carboxylic acids is 1. The molecule has 144 valence electrons. The number of methoxy groups -OCH3 is 1. The summed E-state index contributed by atoms with van der Waals surface area (Å²) in [6, 6.07) is 2.01. The van der Waals surface area contributed by atoms with Crippen LogP contribution in [0.1, 0.15) is 49.9 Å². The van der Waals surface area contributed by atoms with E-state index in [0.29, 0.717) is 5.92 Å². The molecule has 6 heteroatoms. The molecule has 2 fully saturated rings. The molecule has 1 saturated carbocycles. The van der Waals surface area contributed by atoms with Crippen molar-refractivity contribution in [1.29, 1.82) is 0 Å². The second-order valence-electron chi connectivity index (χ2n) is 7.85. The van der Waals surface area contributed by atoms with Gasteiger partial charge in [-0.15, -0.1) is 0 Å². The summed E-state index contributed by atoms with van der Waals surface area (Å²) in [5.41, 5.74) is 2.03. The molecule has 1 saturated heterocycles. The van der Waals surface area contributed by atoms with Gasteiger partial charge in [-0.05, 0) is 57.9 Å². The Morgan fingerprint density at radius 1 is 1.19 bits per heavy atom. The first kappa shape index (κ1) is 19.1. The lowest BCUT2D eigenvalue weighted by molar-refractivity contribution is -0.127. The average molecular weight is 361 g/mol. The first-order valence-corrected chi connectivity index (χ1v) is 9.93. The molecular weight excluding hydrogens is 328 g/mol. The minimum Gasteiger partial charge on any atom is -0.381 e. The van der Waals surface area contributed by atoms with Gasteiger partial charge in [-0.2, -0.15) is 0 Å². The second kappa shape index (κ2) is 8.80.